The molecule has 7 heteroatoms. The van der Waals surface area contributed by atoms with Gasteiger partial charge < -0.3 is 10.6 Å². The van der Waals surface area contributed by atoms with Crippen molar-refractivity contribution in [1.82, 2.24) is 19.8 Å². The van der Waals surface area contributed by atoms with Crippen molar-refractivity contribution in [2.75, 3.05) is 26.2 Å². The molecule has 1 unspecified atom stereocenters. The molecule has 0 bridgehead atoms. The molecule has 0 aliphatic carbocycles. The maximum Gasteiger partial charge on any atom is 0.274 e. The average Bonchev–Trinajstić information content (AvgIpc) is 2.46. The molecular weight excluding hydrogens is 274 g/mol. The van der Waals surface area contributed by atoms with Crippen LogP contribution in [-0.2, 0) is 0 Å². The fourth-order valence-corrected chi connectivity index (χ4v) is 2.31. The van der Waals surface area contributed by atoms with Gasteiger partial charge in [-0.05, 0) is 13.8 Å². The number of amides is 1. The molecule has 0 aromatic carbocycles. The molecule has 1 amide bonds. The van der Waals surface area contributed by atoms with Gasteiger partial charge in [0.1, 0.15) is 5.69 Å². The Balaban J connectivity index is 1.95. The molecule has 1 aliphatic rings. The van der Waals surface area contributed by atoms with E-state index in [1.165, 1.54) is 6.20 Å². The highest BCUT2D eigenvalue weighted by atomic mass is 32.1. The SMILES string of the molecule is Cc1cnc(C(=O)N2CCN(C(C)C(N)=S)CC2)cn1. The Morgan fingerprint density at radius 3 is 2.45 bits per heavy atom. The number of carbonyl (C=O) groups is 1. The highest BCUT2D eigenvalue weighted by molar-refractivity contribution is 7.80. The van der Waals surface area contributed by atoms with Gasteiger partial charge in [-0.3, -0.25) is 14.7 Å². The van der Waals surface area contributed by atoms with Crippen LogP contribution in [0.3, 0.4) is 0 Å². The lowest BCUT2D eigenvalue weighted by Gasteiger charge is -2.37. The summed E-state index contributed by atoms with van der Waals surface area (Å²) in [6, 6.07) is 0.0708. The molecule has 1 aliphatic heterocycles. The van der Waals surface area contributed by atoms with Gasteiger partial charge >= 0.3 is 0 Å². The number of hydrogen-bond acceptors (Lipinski definition) is 5. The van der Waals surface area contributed by atoms with Crippen molar-refractivity contribution in [2.45, 2.75) is 19.9 Å². The molecular formula is C13H19N5OS. The molecule has 20 heavy (non-hydrogen) atoms. The Morgan fingerprint density at radius 2 is 1.95 bits per heavy atom. The highest BCUT2D eigenvalue weighted by Crippen LogP contribution is 2.09. The second kappa shape index (κ2) is 6.23. The lowest BCUT2D eigenvalue weighted by molar-refractivity contribution is 0.0615. The Kier molecular flexibility index (Phi) is 4.61. The van der Waals surface area contributed by atoms with E-state index in [2.05, 4.69) is 14.9 Å². The number of nitrogens with two attached hydrogens (primary N) is 1. The zero-order valence-corrected chi connectivity index (χ0v) is 12.6. The van der Waals surface area contributed by atoms with Crippen molar-refractivity contribution in [3.05, 3.63) is 23.8 Å². The van der Waals surface area contributed by atoms with Gasteiger partial charge in [0.25, 0.3) is 5.91 Å². The first kappa shape index (κ1) is 14.8. The fourth-order valence-electron chi connectivity index (χ4n) is 2.16. The number of rotatable bonds is 3. The molecule has 1 atom stereocenters. The van der Waals surface area contributed by atoms with E-state index in [-0.39, 0.29) is 11.9 Å². The number of nitrogens with zero attached hydrogens (tertiary/aromatic N) is 4. The maximum atomic E-state index is 12.3. The molecule has 1 aromatic heterocycles. The van der Waals surface area contributed by atoms with Gasteiger partial charge in [-0.15, -0.1) is 0 Å². The van der Waals surface area contributed by atoms with Crippen LogP contribution in [0.4, 0.5) is 0 Å². The van der Waals surface area contributed by atoms with E-state index >= 15 is 0 Å². The number of aryl methyl sites for hydroxylation is 1. The van der Waals surface area contributed by atoms with E-state index in [4.69, 9.17) is 18.0 Å². The minimum Gasteiger partial charge on any atom is -0.392 e. The Morgan fingerprint density at radius 1 is 1.30 bits per heavy atom. The lowest BCUT2D eigenvalue weighted by atomic mass is 10.2. The molecule has 108 valence electrons. The molecule has 2 rings (SSSR count). The largest absolute Gasteiger partial charge is 0.392 e. The molecule has 0 radical (unpaired) electrons. The summed E-state index contributed by atoms with van der Waals surface area (Å²) in [6.45, 7) is 6.68. The predicted octanol–water partition coefficient (Wildman–Crippen LogP) is 0.217. The number of thiocarbonyl (C=S) groups is 1. The smallest absolute Gasteiger partial charge is 0.274 e. The standard InChI is InChI=1S/C13H19N5OS/c1-9-7-16-11(8-15-9)13(19)18-5-3-17(4-6-18)10(2)12(14)20/h7-8,10H,3-6H2,1-2H3,(H2,14,20). The summed E-state index contributed by atoms with van der Waals surface area (Å²) in [5, 5.41) is 0. The monoisotopic (exact) mass is 293 g/mol. The number of carbonyl (C=O) groups excluding carboxylic acids is 1. The summed E-state index contributed by atoms with van der Waals surface area (Å²) >= 11 is 5.01. The van der Waals surface area contributed by atoms with Crippen molar-refractivity contribution >= 4 is 23.1 Å². The van der Waals surface area contributed by atoms with Crippen LogP contribution in [0, 0.1) is 6.92 Å². The van der Waals surface area contributed by atoms with E-state index in [0.29, 0.717) is 23.8 Å². The van der Waals surface area contributed by atoms with Crippen molar-refractivity contribution in [1.29, 1.82) is 0 Å². The zero-order chi connectivity index (χ0) is 14.7. The van der Waals surface area contributed by atoms with E-state index < -0.39 is 0 Å². The van der Waals surface area contributed by atoms with Gasteiger partial charge in [-0.1, -0.05) is 12.2 Å². The molecule has 1 saturated heterocycles. The summed E-state index contributed by atoms with van der Waals surface area (Å²) in [7, 11) is 0. The van der Waals surface area contributed by atoms with Crippen LogP contribution in [0.25, 0.3) is 0 Å². The summed E-state index contributed by atoms with van der Waals surface area (Å²) in [4.78, 5) is 25.0. The Bertz CT molecular complexity index is 496. The van der Waals surface area contributed by atoms with Crippen LogP contribution >= 0.6 is 12.2 Å². The van der Waals surface area contributed by atoms with E-state index in [0.717, 1.165) is 18.8 Å². The molecule has 1 fully saturated rings. The second-order valence-electron chi connectivity index (χ2n) is 4.95. The lowest BCUT2D eigenvalue weighted by Crippen LogP contribution is -2.54. The Hall–Kier alpha value is -1.60. The van der Waals surface area contributed by atoms with E-state index in [1.54, 1.807) is 11.1 Å². The predicted molar refractivity (Wildman–Crippen MR) is 80.5 cm³/mol. The van der Waals surface area contributed by atoms with Crippen LogP contribution in [0.2, 0.25) is 0 Å². The first-order valence-electron chi connectivity index (χ1n) is 6.60. The third kappa shape index (κ3) is 3.29. The Labute approximate surface area is 124 Å². The molecule has 6 nitrogen and oxygen atoms in total. The van der Waals surface area contributed by atoms with Crippen LogP contribution in [0.1, 0.15) is 23.1 Å². The van der Waals surface area contributed by atoms with Crippen LogP contribution in [0.15, 0.2) is 12.4 Å². The topological polar surface area (TPSA) is 75.4 Å². The van der Waals surface area contributed by atoms with E-state index in [1.807, 2.05) is 13.8 Å². The number of aromatic nitrogens is 2. The molecule has 1 aromatic rings. The summed E-state index contributed by atoms with van der Waals surface area (Å²) in [6.07, 6.45) is 3.14. The second-order valence-corrected chi connectivity index (χ2v) is 5.42. The van der Waals surface area contributed by atoms with Gasteiger partial charge in [0.15, 0.2) is 0 Å². The minimum atomic E-state index is -0.0693. The third-order valence-electron chi connectivity index (χ3n) is 3.56. The number of piperazine rings is 1. The summed E-state index contributed by atoms with van der Waals surface area (Å²) in [5.41, 5.74) is 6.85. The average molecular weight is 293 g/mol. The van der Waals surface area contributed by atoms with Crippen molar-refractivity contribution < 1.29 is 4.79 Å². The van der Waals surface area contributed by atoms with Gasteiger partial charge in [0, 0.05) is 32.4 Å². The van der Waals surface area contributed by atoms with E-state index in [9.17, 15) is 4.79 Å². The quantitative estimate of drug-likeness (QED) is 0.803. The van der Waals surface area contributed by atoms with Crippen molar-refractivity contribution in [3.8, 4) is 0 Å². The first-order valence-corrected chi connectivity index (χ1v) is 7.01. The van der Waals surface area contributed by atoms with Crippen LogP contribution in [-0.4, -0.2) is 62.9 Å². The van der Waals surface area contributed by atoms with Crippen LogP contribution in [0.5, 0.6) is 0 Å². The molecule has 2 N–H and O–H groups in total. The van der Waals surface area contributed by atoms with Gasteiger partial charge in [-0.25, -0.2) is 4.98 Å². The molecule has 2 heterocycles. The first-order chi connectivity index (χ1) is 9.49. The highest BCUT2D eigenvalue weighted by Gasteiger charge is 2.26. The molecule has 0 saturated carbocycles. The van der Waals surface area contributed by atoms with Crippen molar-refractivity contribution in [2.24, 2.45) is 5.73 Å². The van der Waals surface area contributed by atoms with Crippen molar-refractivity contribution in [3.63, 3.8) is 0 Å². The van der Waals surface area contributed by atoms with Gasteiger partial charge in [-0.2, -0.15) is 0 Å². The van der Waals surface area contributed by atoms with Crippen LogP contribution < -0.4 is 5.73 Å². The van der Waals surface area contributed by atoms with Gasteiger partial charge in [0.2, 0.25) is 0 Å². The van der Waals surface area contributed by atoms with Gasteiger partial charge in [0.05, 0.1) is 22.9 Å². The third-order valence-corrected chi connectivity index (χ3v) is 3.90. The minimum absolute atomic E-state index is 0.0693. The summed E-state index contributed by atoms with van der Waals surface area (Å²) < 4.78 is 0. The fraction of sp³-hybridized carbons (Fsp3) is 0.538. The normalized spacial score (nSPS) is 17.8. The maximum absolute atomic E-state index is 12.3. The zero-order valence-electron chi connectivity index (χ0n) is 11.7. The number of hydrogen-bond donors (Lipinski definition) is 1. The summed E-state index contributed by atoms with van der Waals surface area (Å²) in [5.74, 6) is -0.0693. The molecule has 0 spiro atoms.